The topological polar surface area (TPSA) is 116 Å². The molecule has 0 aliphatic heterocycles. The van der Waals surface area contributed by atoms with Gasteiger partial charge in [-0.15, -0.1) is 0 Å². The maximum atomic E-state index is 12.2. The minimum Gasteiger partial charge on any atom is -0.478 e. The van der Waals surface area contributed by atoms with E-state index in [1.165, 1.54) is 0 Å². The first kappa shape index (κ1) is 16.6. The number of hydrogen-bond acceptors (Lipinski definition) is 8. The molecule has 9 heteroatoms. The van der Waals surface area contributed by atoms with E-state index in [-0.39, 0.29) is 18.3 Å². The monoisotopic (exact) mass is 343 g/mol. The van der Waals surface area contributed by atoms with Crippen molar-refractivity contribution in [3.63, 3.8) is 0 Å². The molecule has 0 fully saturated rings. The molecule has 1 N–H and O–H groups in total. The number of hydrogen-bond donors (Lipinski definition) is 1. The molecule has 0 bridgehead atoms. The number of amides is 1. The molecule has 0 spiro atoms. The van der Waals surface area contributed by atoms with Crippen molar-refractivity contribution in [3.8, 4) is 17.3 Å². The van der Waals surface area contributed by atoms with E-state index in [9.17, 15) is 4.79 Å². The van der Waals surface area contributed by atoms with Crippen LogP contribution < -0.4 is 10.1 Å². The van der Waals surface area contributed by atoms with Gasteiger partial charge in [0.05, 0.1) is 18.8 Å². The van der Waals surface area contributed by atoms with Gasteiger partial charge < -0.3 is 19.1 Å². The quantitative estimate of drug-likeness (QED) is 0.723. The predicted octanol–water partition coefficient (Wildman–Crippen LogP) is 2.07. The Morgan fingerprint density at radius 1 is 1.24 bits per heavy atom. The summed E-state index contributed by atoms with van der Waals surface area (Å²) in [5, 5.41) is 10.3. The Balaban J connectivity index is 1.64. The summed E-state index contributed by atoms with van der Waals surface area (Å²) in [4.78, 5) is 20.6. The second-order valence-electron chi connectivity index (χ2n) is 5.21. The number of carbonyl (C=O) groups excluding carboxylic acids is 1. The summed E-state index contributed by atoms with van der Waals surface area (Å²) in [6, 6.07) is 3.52. The Labute approximate surface area is 143 Å². The fraction of sp³-hybridized carbons (Fsp3) is 0.312. The van der Waals surface area contributed by atoms with E-state index >= 15 is 0 Å². The van der Waals surface area contributed by atoms with Gasteiger partial charge in [-0.2, -0.15) is 4.98 Å². The smallest absolute Gasteiger partial charge is 0.257 e. The summed E-state index contributed by atoms with van der Waals surface area (Å²) in [5.74, 6) is 1.35. The fourth-order valence-corrected chi connectivity index (χ4v) is 2.24. The van der Waals surface area contributed by atoms with Gasteiger partial charge in [-0.1, -0.05) is 10.3 Å². The molecule has 0 aromatic carbocycles. The molecule has 9 nitrogen and oxygen atoms in total. The number of pyridine rings is 1. The highest BCUT2D eigenvalue weighted by Crippen LogP contribution is 2.17. The third-order valence-corrected chi connectivity index (χ3v) is 3.42. The Kier molecular flexibility index (Phi) is 4.73. The van der Waals surface area contributed by atoms with Crippen molar-refractivity contribution < 1.29 is 18.6 Å². The minimum atomic E-state index is -0.307. The maximum absolute atomic E-state index is 12.2. The zero-order valence-electron chi connectivity index (χ0n) is 14.1. The first-order chi connectivity index (χ1) is 12.1. The van der Waals surface area contributed by atoms with Crippen LogP contribution in [0, 0.1) is 13.8 Å². The molecule has 3 aromatic heterocycles. The van der Waals surface area contributed by atoms with Gasteiger partial charge in [0.15, 0.2) is 0 Å². The van der Waals surface area contributed by atoms with Crippen LogP contribution in [0.1, 0.15) is 34.6 Å². The lowest BCUT2D eigenvalue weighted by atomic mass is 10.2. The van der Waals surface area contributed by atoms with Gasteiger partial charge in [0, 0.05) is 17.8 Å². The van der Waals surface area contributed by atoms with Gasteiger partial charge >= 0.3 is 0 Å². The van der Waals surface area contributed by atoms with Crippen LogP contribution in [0.2, 0.25) is 0 Å². The van der Waals surface area contributed by atoms with Gasteiger partial charge in [0.2, 0.25) is 17.6 Å². The first-order valence-electron chi connectivity index (χ1n) is 7.71. The van der Waals surface area contributed by atoms with Crippen LogP contribution in [0.25, 0.3) is 11.4 Å². The summed E-state index contributed by atoms with van der Waals surface area (Å²) in [7, 11) is 0. The number of carbonyl (C=O) groups is 1. The van der Waals surface area contributed by atoms with Gasteiger partial charge in [-0.05, 0) is 26.8 Å². The van der Waals surface area contributed by atoms with Crippen molar-refractivity contribution >= 4 is 5.91 Å². The Morgan fingerprint density at radius 3 is 2.72 bits per heavy atom. The molecule has 25 heavy (non-hydrogen) atoms. The van der Waals surface area contributed by atoms with Gasteiger partial charge in [0.1, 0.15) is 11.3 Å². The third kappa shape index (κ3) is 3.65. The average Bonchev–Trinajstić information content (AvgIpc) is 3.21. The van der Waals surface area contributed by atoms with Crippen LogP contribution in [0.15, 0.2) is 27.4 Å². The Morgan fingerprint density at radius 2 is 2.08 bits per heavy atom. The van der Waals surface area contributed by atoms with Crippen LogP contribution in [0.5, 0.6) is 5.88 Å². The van der Waals surface area contributed by atoms with Crippen molar-refractivity contribution in [1.82, 2.24) is 25.6 Å². The van der Waals surface area contributed by atoms with E-state index < -0.39 is 0 Å². The largest absolute Gasteiger partial charge is 0.478 e. The average molecular weight is 343 g/mol. The number of nitrogens with zero attached hydrogens (tertiary/aromatic N) is 4. The van der Waals surface area contributed by atoms with E-state index in [1.807, 2.05) is 6.92 Å². The summed E-state index contributed by atoms with van der Waals surface area (Å²) in [6.07, 6.45) is 1.60. The lowest BCUT2D eigenvalue weighted by Gasteiger charge is -2.01. The van der Waals surface area contributed by atoms with Gasteiger partial charge in [0.25, 0.3) is 5.91 Å². The van der Waals surface area contributed by atoms with Crippen molar-refractivity contribution in [2.75, 3.05) is 6.61 Å². The molecule has 0 unspecified atom stereocenters. The molecule has 3 rings (SSSR count). The van der Waals surface area contributed by atoms with Crippen LogP contribution in [0.4, 0.5) is 0 Å². The van der Waals surface area contributed by atoms with Crippen molar-refractivity contribution in [2.24, 2.45) is 0 Å². The van der Waals surface area contributed by atoms with Crippen LogP contribution in [-0.4, -0.2) is 32.8 Å². The third-order valence-electron chi connectivity index (χ3n) is 3.42. The van der Waals surface area contributed by atoms with E-state index in [1.54, 1.807) is 32.2 Å². The van der Waals surface area contributed by atoms with Crippen molar-refractivity contribution in [2.45, 2.75) is 27.3 Å². The molecular formula is C16H17N5O4. The normalized spacial score (nSPS) is 10.7. The van der Waals surface area contributed by atoms with E-state index in [4.69, 9.17) is 13.8 Å². The zero-order valence-corrected chi connectivity index (χ0v) is 14.1. The molecule has 0 radical (unpaired) electrons. The number of rotatable bonds is 6. The molecule has 0 atom stereocenters. The molecular weight excluding hydrogens is 326 g/mol. The number of aryl methyl sites for hydroxylation is 2. The van der Waals surface area contributed by atoms with Crippen molar-refractivity contribution in [3.05, 3.63) is 41.2 Å². The maximum Gasteiger partial charge on any atom is 0.257 e. The highest BCUT2D eigenvalue weighted by atomic mass is 16.5. The summed E-state index contributed by atoms with van der Waals surface area (Å²) < 4.78 is 15.4. The summed E-state index contributed by atoms with van der Waals surface area (Å²) >= 11 is 0. The van der Waals surface area contributed by atoms with E-state index in [0.717, 1.165) is 0 Å². The molecule has 3 heterocycles. The molecule has 1 amide bonds. The molecule has 130 valence electrons. The lowest BCUT2D eigenvalue weighted by Crippen LogP contribution is -2.24. The Bertz CT molecular complexity index is 850. The number of nitrogens with one attached hydrogen (secondary N) is 1. The predicted molar refractivity (Wildman–Crippen MR) is 85.8 cm³/mol. The molecule has 0 saturated heterocycles. The van der Waals surface area contributed by atoms with Gasteiger partial charge in [-0.3, -0.25) is 4.79 Å². The SMILES string of the molecule is CCOc1ccc(-c2noc(CNC(=O)c3c(C)noc3C)n2)cn1. The minimum absolute atomic E-state index is 0.0976. The Hall–Kier alpha value is -3.23. The molecule has 0 saturated carbocycles. The number of ether oxygens (including phenoxy) is 1. The molecule has 0 aliphatic carbocycles. The molecule has 3 aromatic rings. The lowest BCUT2D eigenvalue weighted by molar-refractivity contribution is 0.0944. The second kappa shape index (κ2) is 7.12. The number of aromatic nitrogens is 4. The summed E-state index contributed by atoms with van der Waals surface area (Å²) in [5.41, 5.74) is 1.63. The van der Waals surface area contributed by atoms with E-state index in [2.05, 4.69) is 25.6 Å². The molecule has 0 aliphatic rings. The highest BCUT2D eigenvalue weighted by molar-refractivity contribution is 5.95. The first-order valence-corrected chi connectivity index (χ1v) is 7.71. The van der Waals surface area contributed by atoms with Crippen LogP contribution in [0.3, 0.4) is 0 Å². The van der Waals surface area contributed by atoms with Gasteiger partial charge in [-0.25, -0.2) is 4.98 Å². The van der Waals surface area contributed by atoms with Crippen LogP contribution in [-0.2, 0) is 6.54 Å². The second-order valence-corrected chi connectivity index (χ2v) is 5.21. The fourth-order valence-electron chi connectivity index (χ4n) is 2.24. The summed E-state index contributed by atoms with van der Waals surface area (Å²) in [6.45, 7) is 5.91. The highest BCUT2D eigenvalue weighted by Gasteiger charge is 2.18. The van der Waals surface area contributed by atoms with Crippen molar-refractivity contribution in [1.29, 1.82) is 0 Å². The standard InChI is InChI=1S/C16H17N5O4/c1-4-23-12-6-5-11(7-17-12)15-19-13(25-21-15)8-18-16(22)14-9(2)20-24-10(14)3/h5-7H,4,8H2,1-3H3,(H,18,22). The van der Waals surface area contributed by atoms with E-state index in [0.29, 0.717) is 40.9 Å². The zero-order chi connectivity index (χ0) is 17.8. The van der Waals surface area contributed by atoms with Crippen LogP contribution >= 0.6 is 0 Å².